The first-order valence-corrected chi connectivity index (χ1v) is 7.89. The Labute approximate surface area is 127 Å². The second-order valence-corrected chi connectivity index (χ2v) is 6.01. The van der Waals surface area contributed by atoms with Gasteiger partial charge in [-0.05, 0) is 53.6 Å². The first-order valence-electron chi connectivity index (χ1n) is 7.89. The average Bonchev–Trinajstić information content (AvgIpc) is 2.54. The highest BCUT2D eigenvalue weighted by molar-refractivity contribution is 5.69. The van der Waals surface area contributed by atoms with Gasteiger partial charge in [-0.15, -0.1) is 0 Å². The summed E-state index contributed by atoms with van der Waals surface area (Å²) in [6.45, 7) is 3.29. The minimum atomic E-state index is 0.149. The van der Waals surface area contributed by atoms with Crippen molar-refractivity contribution >= 4 is 5.69 Å². The Morgan fingerprint density at radius 1 is 1.10 bits per heavy atom. The summed E-state index contributed by atoms with van der Waals surface area (Å²) in [6, 6.07) is 15.7. The second kappa shape index (κ2) is 5.90. The maximum Gasteiger partial charge on any atom is 0.0396 e. The van der Waals surface area contributed by atoms with Crippen LogP contribution >= 0.6 is 0 Å². The fourth-order valence-corrected chi connectivity index (χ4v) is 3.12. The molecule has 0 fully saturated rings. The van der Waals surface area contributed by atoms with Crippen LogP contribution in [0.15, 0.2) is 42.5 Å². The third-order valence-electron chi connectivity index (χ3n) is 4.54. The lowest BCUT2D eigenvalue weighted by atomic mass is 9.95. The van der Waals surface area contributed by atoms with Crippen LogP contribution < -0.4 is 10.6 Å². The molecular weight excluding hydrogens is 256 g/mol. The smallest absolute Gasteiger partial charge is 0.0396 e. The van der Waals surface area contributed by atoms with Crippen LogP contribution in [0.2, 0.25) is 0 Å². The summed E-state index contributed by atoms with van der Waals surface area (Å²) in [5, 5.41) is 0. The van der Waals surface area contributed by atoms with Crippen LogP contribution in [0.25, 0.3) is 11.1 Å². The highest BCUT2D eigenvalue weighted by atomic mass is 15.1. The van der Waals surface area contributed by atoms with Crippen molar-refractivity contribution in [1.82, 2.24) is 0 Å². The second-order valence-electron chi connectivity index (χ2n) is 6.01. The number of aryl methyl sites for hydroxylation is 1. The highest BCUT2D eigenvalue weighted by Gasteiger charge is 2.14. The van der Waals surface area contributed by atoms with E-state index in [-0.39, 0.29) is 6.04 Å². The number of fused-ring (bicyclic) bond motifs is 1. The van der Waals surface area contributed by atoms with Crippen LogP contribution in [-0.4, -0.2) is 13.6 Å². The van der Waals surface area contributed by atoms with Crippen molar-refractivity contribution in [2.24, 2.45) is 5.73 Å². The van der Waals surface area contributed by atoms with Crippen molar-refractivity contribution in [3.05, 3.63) is 53.6 Å². The molecule has 0 aromatic heterocycles. The van der Waals surface area contributed by atoms with Crippen molar-refractivity contribution in [1.29, 1.82) is 0 Å². The van der Waals surface area contributed by atoms with Gasteiger partial charge in [-0.3, -0.25) is 0 Å². The van der Waals surface area contributed by atoms with Gasteiger partial charge in [0, 0.05) is 25.3 Å². The van der Waals surface area contributed by atoms with E-state index in [2.05, 4.69) is 61.3 Å². The Morgan fingerprint density at radius 3 is 2.52 bits per heavy atom. The molecule has 0 saturated heterocycles. The van der Waals surface area contributed by atoms with Gasteiger partial charge in [0.25, 0.3) is 0 Å². The van der Waals surface area contributed by atoms with Crippen LogP contribution in [-0.2, 0) is 6.42 Å². The molecule has 1 unspecified atom stereocenters. The van der Waals surface area contributed by atoms with Gasteiger partial charge in [0.15, 0.2) is 0 Å². The molecule has 2 aromatic rings. The maximum absolute atomic E-state index is 6.08. The molecule has 0 bridgehead atoms. The molecule has 110 valence electrons. The lowest BCUT2D eigenvalue weighted by molar-refractivity contribution is 0.699. The van der Waals surface area contributed by atoms with Crippen LogP contribution in [0.3, 0.4) is 0 Å². The van der Waals surface area contributed by atoms with Crippen LogP contribution in [0, 0.1) is 0 Å². The summed E-state index contributed by atoms with van der Waals surface area (Å²) in [5.41, 5.74) is 12.7. The summed E-state index contributed by atoms with van der Waals surface area (Å²) < 4.78 is 0. The Bertz CT molecular complexity index is 616. The predicted octanol–water partition coefficient (Wildman–Crippen LogP) is 4.15. The molecule has 21 heavy (non-hydrogen) atoms. The number of benzene rings is 2. The molecule has 2 nitrogen and oxygen atoms in total. The van der Waals surface area contributed by atoms with Gasteiger partial charge in [0.05, 0.1) is 0 Å². The molecule has 0 spiro atoms. The number of nitrogens with two attached hydrogens (primary N) is 1. The average molecular weight is 280 g/mol. The van der Waals surface area contributed by atoms with E-state index in [0.29, 0.717) is 0 Å². The zero-order valence-corrected chi connectivity index (χ0v) is 13.0. The molecule has 2 aromatic carbocycles. The van der Waals surface area contributed by atoms with E-state index in [1.165, 1.54) is 40.8 Å². The van der Waals surface area contributed by atoms with Gasteiger partial charge >= 0.3 is 0 Å². The van der Waals surface area contributed by atoms with E-state index in [1.54, 1.807) is 0 Å². The van der Waals surface area contributed by atoms with Crippen LogP contribution in [0.4, 0.5) is 5.69 Å². The molecule has 0 aliphatic carbocycles. The molecule has 2 heteroatoms. The van der Waals surface area contributed by atoms with E-state index >= 15 is 0 Å². The number of anilines is 1. The summed E-state index contributed by atoms with van der Waals surface area (Å²) in [6.07, 6.45) is 3.41. The summed E-state index contributed by atoms with van der Waals surface area (Å²) in [5.74, 6) is 0. The molecule has 0 saturated carbocycles. The molecular formula is C19H24N2. The lowest BCUT2D eigenvalue weighted by Crippen LogP contribution is -2.24. The van der Waals surface area contributed by atoms with Crippen molar-refractivity contribution in [2.45, 2.75) is 32.2 Å². The molecule has 1 heterocycles. The quantitative estimate of drug-likeness (QED) is 0.915. The fraction of sp³-hybridized carbons (Fsp3) is 0.368. The Balaban J connectivity index is 1.90. The van der Waals surface area contributed by atoms with E-state index in [0.717, 1.165) is 13.0 Å². The molecule has 2 N–H and O–H groups in total. The molecule has 1 atom stereocenters. The van der Waals surface area contributed by atoms with Gasteiger partial charge in [0.2, 0.25) is 0 Å². The fourth-order valence-electron chi connectivity index (χ4n) is 3.12. The van der Waals surface area contributed by atoms with Gasteiger partial charge in [-0.1, -0.05) is 37.3 Å². The third kappa shape index (κ3) is 2.81. The first-order chi connectivity index (χ1) is 10.2. The predicted molar refractivity (Wildman–Crippen MR) is 90.7 cm³/mol. The van der Waals surface area contributed by atoms with Gasteiger partial charge in [-0.25, -0.2) is 0 Å². The van der Waals surface area contributed by atoms with Crippen LogP contribution in [0.5, 0.6) is 0 Å². The maximum atomic E-state index is 6.08. The van der Waals surface area contributed by atoms with Crippen LogP contribution in [0.1, 0.15) is 36.9 Å². The molecule has 0 amide bonds. The van der Waals surface area contributed by atoms with Gasteiger partial charge in [0.1, 0.15) is 0 Å². The van der Waals surface area contributed by atoms with Gasteiger partial charge in [-0.2, -0.15) is 0 Å². The topological polar surface area (TPSA) is 29.3 Å². The number of rotatable bonds is 3. The Kier molecular flexibility index (Phi) is 3.98. The van der Waals surface area contributed by atoms with Crippen molar-refractivity contribution in [2.75, 3.05) is 18.5 Å². The van der Waals surface area contributed by atoms with E-state index < -0.39 is 0 Å². The zero-order valence-electron chi connectivity index (χ0n) is 13.0. The number of nitrogens with zero attached hydrogens (tertiary/aromatic N) is 1. The van der Waals surface area contributed by atoms with Crippen molar-refractivity contribution < 1.29 is 0 Å². The highest BCUT2D eigenvalue weighted by Crippen LogP contribution is 2.31. The van der Waals surface area contributed by atoms with E-state index in [1.807, 2.05) is 0 Å². The van der Waals surface area contributed by atoms with E-state index in [4.69, 9.17) is 5.73 Å². The van der Waals surface area contributed by atoms with Crippen molar-refractivity contribution in [3.8, 4) is 11.1 Å². The lowest BCUT2D eigenvalue weighted by Gasteiger charge is -2.27. The summed E-state index contributed by atoms with van der Waals surface area (Å²) in [4.78, 5) is 2.35. The number of hydrogen-bond acceptors (Lipinski definition) is 2. The molecule has 1 aliphatic heterocycles. The van der Waals surface area contributed by atoms with Gasteiger partial charge < -0.3 is 10.6 Å². The molecule has 1 aliphatic rings. The largest absolute Gasteiger partial charge is 0.374 e. The first kappa shape index (κ1) is 14.2. The van der Waals surface area contributed by atoms with Crippen molar-refractivity contribution in [3.63, 3.8) is 0 Å². The Morgan fingerprint density at radius 2 is 1.81 bits per heavy atom. The number of hydrogen-bond donors (Lipinski definition) is 1. The summed E-state index contributed by atoms with van der Waals surface area (Å²) in [7, 11) is 2.18. The minimum Gasteiger partial charge on any atom is -0.374 e. The zero-order chi connectivity index (χ0) is 14.8. The molecule has 0 radical (unpaired) electrons. The minimum absolute atomic E-state index is 0.149. The third-order valence-corrected chi connectivity index (χ3v) is 4.54. The monoisotopic (exact) mass is 280 g/mol. The standard InChI is InChI=1S/C19H24N2/c1-3-18(20)15-8-6-14(7-9-15)16-10-11-19-17(13-16)5-4-12-21(19)2/h6-11,13,18H,3-5,12,20H2,1-2H3. The van der Waals surface area contributed by atoms with E-state index in [9.17, 15) is 0 Å². The Hall–Kier alpha value is -1.80. The SMILES string of the molecule is CCC(N)c1ccc(-c2ccc3c(c2)CCCN3C)cc1. The molecule has 3 rings (SSSR count). The normalized spacial score (nSPS) is 15.7. The summed E-state index contributed by atoms with van der Waals surface area (Å²) >= 11 is 0.